The van der Waals surface area contributed by atoms with Crippen LogP contribution in [0.2, 0.25) is 0 Å². The lowest BCUT2D eigenvalue weighted by atomic mass is 10.0. The Morgan fingerprint density at radius 3 is 2.44 bits per heavy atom. The number of piperazine rings is 1. The van der Waals surface area contributed by atoms with E-state index in [2.05, 4.69) is 10.6 Å². The van der Waals surface area contributed by atoms with Crippen LogP contribution in [0.5, 0.6) is 0 Å². The van der Waals surface area contributed by atoms with Gasteiger partial charge in [-0.2, -0.15) is 0 Å². The third kappa shape index (κ3) is 2.68. The zero-order valence-electron chi connectivity index (χ0n) is 10.1. The molecule has 0 saturated carbocycles. The molecule has 0 spiro atoms. The smallest absolute Gasteiger partial charge is 0.245 e. The van der Waals surface area contributed by atoms with Crippen LogP contribution in [0, 0.1) is 0 Å². The van der Waals surface area contributed by atoms with E-state index >= 15 is 0 Å². The van der Waals surface area contributed by atoms with Crippen molar-refractivity contribution in [1.82, 2.24) is 10.6 Å². The summed E-state index contributed by atoms with van der Waals surface area (Å²) in [5.41, 5.74) is 0.980. The van der Waals surface area contributed by atoms with Crippen LogP contribution in [0.1, 0.15) is 12.5 Å². The molecular formula is C13H16N2O3. The van der Waals surface area contributed by atoms with Gasteiger partial charge in [-0.05, 0) is 12.5 Å². The predicted molar refractivity (Wildman–Crippen MR) is 65.7 cm³/mol. The van der Waals surface area contributed by atoms with Gasteiger partial charge in [-0.3, -0.25) is 9.59 Å². The topological polar surface area (TPSA) is 78.4 Å². The molecule has 1 saturated heterocycles. The molecule has 0 radical (unpaired) electrons. The van der Waals surface area contributed by atoms with Crippen LogP contribution in [0.4, 0.5) is 0 Å². The van der Waals surface area contributed by atoms with Gasteiger partial charge in [0.1, 0.15) is 12.1 Å². The quantitative estimate of drug-likeness (QED) is 0.680. The second-order valence-corrected chi connectivity index (χ2v) is 4.48. The summed E-state index contributed by atoms with van der Waals surface area (Å²) in [5, 5.41) is 14.5. The Bertz CT molecular complexity index is 445. The van der Waals surface area contributed by atoms with Crippen molar-refractivity contribution < 1.29 is 14.7 Å². The van der Waals surface area contributed by atoms with Crippen molar-refractivity contribution in [3.05, 3.63) is 35.9 Å². The van der Waals surface area contributed by atoms with E-state index in [1.165, 1.54) is 6.92 Å². The largest absolute Gasteiger partial charge is 0.391 e. The van der Waals surface area contributed by atoms with Gasteiger partial charge in [0.2, 0.25) is 11.8 Å². The van der Waals surface area contributed by atoms with Crippen molar-refractivity contribution in [2.24, 2.45) is 0 Å². The molecule has 1 aromatic rings. The molecule has 0 bridgehead atoms. The lowest BCUT2D eigenvalue weighted by Gasteiger charge is -2.31. The summed E-state index contributed by atoms with van der Waals surface area (Å²) in [6.45, 7) is 1.47. The molecule has 2 amide bonds. The number of benzene rings is 1. The van der Waals surface area contributed by atoms with Crippen LogP contribution < -0.4 is 10.6 Å². The van der Waals surface area contributed by atoms with E-state index in [4.69, 9.17) is 0 Å². The summed E-state index contributed by atoms with van der Waals surface area (Å²) >= 11 is 0. The van der Waals surface area contributed by atoms with Gasteiger partial charge in [0.25, 0.3) is 0 Å². The highest BCUT2D eigenvalue weighted by atomic mass is 16.3. The Kier molecular flexibility index (Phi) is 3.62. The monoisotopic (exact) mass is 248 g/mol. The maximum Gasteiger partial charge on any atom is 0.245 e. The third-order valence-corrected chi connectivity index (χ3v) is 2.98. The first-order valence-corrected chi connectivity index (χ1v) is 5.90. The van der Waals surface area contributed by atoms with Crippen molar-refractivity contribution >= 4 is 11.8 Å². The zero-order chi connectivity index (χ0) is 13.1. The molecule has 0 aliphatic carbocycles. The highest BCUT2D eigenvalue weighted by molar-refractivity contribution is 5.97. The number of aliphatic hydroxyl groups excluding tert-OH is 1. The van der Waals surface area contributed by atoms with Gasteiger partial charge in [0.05, 0.1) is 6.10 Å². The van der Waals surface area contributed by atoms with Gasteiger partial charge < -0.3 is 15.7 Å². The first-order chi connectivity index (χ1) is 8.58. The fourth-order valence-corrected chi connectivity index (χ4v) is 1.98. The van der Waals surface area contributed by atoms with Gasteiger partial charge in [-0.25, -0.2) is 0 Å². The first kappa shape index (κ1) is 12.6. The fraction of sp³-hybridized carbons (Fsp3) is 0.385. The summed E-state index contributed by atoms with van der Waals surface area (Å²) in [7, 11) is 0. The van der Waals surface area contributed by atoms with Crippen LogP contribution in [0.3, 0.4) is 0 Å². The van der Waals surface area contributed by atoms with E-state index in [0.29, 0.717) is 6.42 Å². The number of hydrogen-bond donors (Lipinski definition) is 3. The minimum absolute atomic E-state index is 0.260. The molecule has 2 rings (SSSR count). The number of aliphatic hydroxyl groups is 1. The zero-order valence-corrected chi connectivity index (χ0v) is 10.1. The van der Waals surface area contributed by atoms with Crippen LogP contribution in [0.15, 0.2) is 30.3 Å². The van der Waals surface area contributed by atoms with Crippen molar-refractivity contribution in [2.45, 2.75) is 31.5 Å². The van der Waals surface area contributed by atoms with E-state index in [1.807, 2.05) is 30.3 Å². The Labute approximate surface area is 105 Å². The fourth-order valence-electron chi connectivity index (χ4n) is 1.98. The minimum atomic E-state index is -0.897. The SMILES string of the molecule is CC(O)C1NC(=O)C(Cc2ccccc2)NC1=O. The highest BCUT2D eigenvalue weighted by Gasteiger charge is 2.35. The molecule has 96 valence electrons. The van der Waals surface area contributed by atoms with Gasteiger partial charge in [-0.1, -0.05) is 30.3 Å². The van der Waals surface area contributed by atoms with E-state index < -0.39 is 18.2 Å². The number of carbonyl (C=O) groups excluding carboxylic acids is 2. The molecule has 3 atom stereocenters. The summed E-state index contributed by atoms with van der Waals surface area (Å²) < 4.78 is 0. The first-order valence-electron chi connectivity index (χ1n) is 5.90. The number of rotatable bonds is 3. The predicted octanol–water partition coefficient (Wildman–Crippen LogP) is -0.407. The molecule has 1 aromatic carbocycles. The summed E-state index contributed by atoms with van der Waals surface area (Å²) in [5.74, 6) is -0.602. The molecule has 5 heteroatoms. The van der Waals surface area contributed by atoms with Gasteiger partial charge in [0.15, 0.2) is 0 Å². The van der Waals surface area contributed by atoms with Gasteiger partial charge in [0, 0.05) is 6.42 Å². The second kappa shape index (κ2) is 5.18. The Hall–Kier alpha value is -1.88. The second-order valence-electron chi connectivity index (χ2n) is 4.48. The Morgan fingerprint density at radius 1 is 1.17 bits per heavy atom. The van der Waals surface area contributed by atoms with E-state index in [0.717, 1.165) is 5.56 Å². The highest BCUT2D eigenvalue weighted by Crippen LogP contribution is 2.08. The molecule has 0 aromatic heterocycles. The Morgan fingerprint density at radius 2 is 1.83 bits per heavy atom. The summed E-state index contributed by atoms with van der Waals surface area (Å²) in [4.78, 5) is 23.5. The maximum atomic E-state index is 11.8. The molecule has 1 heterocycles. The summed E-state index contributed by atoms with van der Waals surface area (Å²) in [6, 6.07) is 8.04. The van der Waals surface area contributed by atoms with Crippen LogP contribution in [-0.4, -0.2) is 35.1 Å². The standard InChI is InChI=1S/C13H16N2O3/c1-8(16)11-13(18)14-10(12(17)15-11)7-9-5-3-2-4-6-9/h2-6,8,10-11,16H,7H2,1H3,(H,14,18)(H,15,17). The molecular weight excluding hydrogens is 232 g/mol. The number of hydrogen-bond acceptors (Lipinski definition) is 3. The average Bonchev–Trinajstić information content (AvgIpc) is 2.34. The third-order valence-electron chi connectivity index (χ3n) is 2.98. The molecule has 1 aliphatic rings. The number of nitrogens with one attached hydrogen (secondary N) is 2. The normalized spacial score (nSPS) is 25.2. The average molecular weight is 248 g/mol. The van der Waals surface area contributed by atoms with Gasteiger partial charge >= 0.3 is 0 Å². The number of amides is 2. The van der Waals surface area contributed by atoms with Crippen LogP contribution in [-0.2, 0) is 16.0 Å². The van der Waals surface area contributed by atoms with Crippen molar-refractivity contribution in [1.29, 1.82) is 0 Å². The Balaban J connectivity index is 2.04. The minimum Gasteiger partial charge on any atom is -0.391 e. The summed E-state index contributed by atoms with van der Waals surface area (Å²) in [6.07, 6.45) is -0.447. The van der Waals surface area contributed by atoms with Crippen molar-refractivity contribution in [3.8, 4) is 0 Å². The van der Waals surface area contributed by atoms with Gasteiger partial charge in [-0.15, -0.1) is 0 Å². The molecule has 3 N–H and O–H groups in total. The number of carbonyl (C=O) groups is 2. The van der Waals surface area contributed by atoms with E-state index in [1.54, 1.807) is 0 Å². The van der Waals surface area contributed by atoms with E-state index in [-0.39, 0.29) is 11.8 Å². The molecule has 18 heavy (non-hydrogen) atoms. The van der Waals surface area contributed by atoms with E-state index in [9.17, 15) is 14.7 Å². The molecule has 3 unspecified atom stereocenters. The van der Waals surface area contributed by atoms with Crippen molar-refractivity contribution in [2.75, 3.05) is 0 Å². The molecule has 1 fully saturated rings. The molecule has 1 aliphatic heterocycles. The maximum absolute atomic E-state index is 11.8. The molecule has 5 nitrogen and oxygen atoms in total. The lowest BCUT2D eigenvalue weighted by molar-refractivity contribution is -0.139. The van der Waals surface area contributed by atoms with Crippen LogP contribution in [0.25, 0.3) is 0 Å². The van der Waals surface area contributed by atoms with Crippen LogP contribution >= 0.6 is 0 Å². The lowest BCUT2D eigenvalue weighted by Crippen LogP contribution is -2.65. The van der Waals surface area contributed by atoms with Crippen molar-refractivity contribution in [3.63, 3.8) is 0 Å².